The van der Waals surface area contributed by atoms with E-state index in [1.165, 1.54) is 12.1 Å². The van der Waals surface area contributed by atoms with Gasteiger partial charge in [0.2, 0.25) is 23.6 Å². The first-order chi connectivity index (χ1) is 22.2. The second-order valence-corrected chi connectivity index (χ2v) is 11.6. The lowest BCUT2D eigenvalue weighted by Gasteiger charge is -2.22. The van der Waals surface area contributed by atoms with Gasteiger partial charge in [-0.2, -0.15) is 0 Å². The Morgan fingerprint density at radius 1 is 0.674 bits per heavy atom. The summed E-state index contributed by atoms with van der Waals surface area (Å²) in [5.41, 5.74) is 13.1. The molecule has 1 heterocycles. The van der Waals surface area contributed by atoms with Gasteiger partial charge < -0.3 is 37.8 Å². The van der Waals surface area contributed by atoms with Gasteiger partial charge in [-0.25, -0.2) is 0 Å². The van der Waals surface area contributed by atoms with Crippen molar-refractivity contribution in [3.63, 3.8) is 0 Å². The maximum Gasteiger partial charge on any atom is 0.243 e. The predicted octanol–water partition coefficient (Wildman–Crippen LogP) is 1.57. The second kappa shape index (κ2) is 17.1. The van der Waals surface area contributed by atoms with Crippen molar-refractivity contribution in [3.8, 4) is 5.75 Å². The number of carbonyl (C=O) groups excluding carboxylic acids is 4. The van der Waals surface area contributed by atoms with Gasteiger partial charge >= 0.3 is 0 Å². The summed E-state index contributed by atoms with van der Waals surface area (Å²) in [6, 6.07) is 17.7. The number of hydrogen-bond acceptors (Lipinski definition) is 7. The largest absolute Gasteiger partial charge is 0.508 e. The summed E-state index contributed by atoms with van der Waals surface area (Å²) in [7, 11) is 0. The lowest BCUT2D eigenvalue weighted by atomic mass is 9.97. The van der Waals surface area contributed by atoms with Crippen LogP contribution in [-0.2, 0) is 32.0 Å². The van der Waals surface area contributed by atoms with Gasteiger partial charge in [0.15, 0.2) is 0 Å². The van der Waals surface area contributed by atoms with Crippen LogP contribution in [0.3, 0.4) is 0 Å². The third-order valence-electron chi connectivity index (χ3n) is 8.02. The summed E-state index contributed by atoms with van der Waals surface area (Å²) in [6.45, 7) is 0.404. The van der Waals surface area contributed by atoms with Gasteiger partial charge in [0.25, 0.3) is 0 Å². The van der Waals surface area contributed by atoms with E-state index in [0.717, 1.165) is 21.9 Å². The molecule has 0 bridgehead atoms. The number of rotatable bonds is 10. The maximum atomic E-state index is 13.7. The van der Waals surface area contributed by atoms with Crippen molar-refractivity contribution in [2.24, 2.45) is 17.4 Å². The van der Waals surface area contributed by atoms with Gasteiger partial charge in [0, 0.05) is 18.9 Å². The summed E-state index contributed by atoms with van der Waals surface area (Å²) in [6.07, 6.45) is 6.07. The number of phenolic OH excluding ortho intramolecular Hbond substituents is 1. The van der Waals surface area contributed by atoms with E-state index in [9.17, 15) is 24.3 Å². The Morgan fingerprint density at radius 3 is 2.07 bits per heavy atom. The molecular weight excluding hydrogens is 584 g/mol. The van der Waals surface area contributed by atoms with E-state index in [2.05, 4.69) is 21.3 Å². The number of nitrogens with one attached hydrogen (secondary N) is 4. The van der Waals surface area contributed by atoms with Crippen LogP contribution in [0, 0.1) is 5.92 Å². The standard InChI is InChI=1S/C35H44N6O5/c36-17-3-7-26-13-14-28(8-4-18-37)39-35(46)31(20-23-10-15-29(42)16-11-23)40-32(43)22-38-34(45)30(41-33(26)44)21-24-9-12-25-5-1-2-6-27(25)19-24/h1-2,5-6,9-16,19,26,28,30-31,42H,3-4,7-8,17-18,20-22,36-37H2,(H,38,45)(H,39,46)(H,40,43)(H,41,44)/b14-13+/t26-,28+,30+,31-/m1/s1. The van der Waals surface area contributed by atoms with Crippen LogP contribution in [-0.4, -0.2) is 66.5 Å². The normalized spacial score (nSPS) is 22.1. The van der Waals surface area contributed by atoms with E-state index < -0.39 is 48.3 Å². The first-order valence-electron chi connectivity index (χ1n) is 15.8. The minimum Gasteiger partial charge on any atom is -0.508 e. The quantitative estimate of drug-likeness (QED) is 0.166. The van der Waals surface area contributed by atoms with Crippen LogP contribution in [0.25, 0.3) is 10.8 Å². The minimum absolute atomic E-state index is 0.0830. The van der Waals surface area contributed by atoms with Crippen molar-refractivity contribution < 1.29 is 24.3 Å². The molecule has 1 aliphatic heterocycles. The van der Waals surface area contributed by atoms with E-state index in [0.29, 0.717) is 38.8 Å². The van der Waals surface area contributed by atoms with Crippen molar-refractivity contribution in [3.05, 3.63) is 90.0 Å². The van der Waals surface area contributed by atoms with E-state index in [1.807, 2.05) is 42.5 Å². The first kappa shape index (κ1) is 34.1. The molecule has 3 aromatic rings. The molecule has 0 saturated heterocycles. The average Bonchev–Trinajstić information content (AvgIpc) is 3.05. The van der Waals surface area contributed by atoms with Gasteiger partial charge in [-0.3, -0.25) is 19.2 Å². The van der Waals surface area contributed by atoms with Crippen LogP contribution < -0.4 is 32.7 Å². The topological polar surface area (TPSA) is 189 Å². The van der Waals surface area contributed by atoms with E-state index in [1.54, 1.807) is 24.3 Å². The molecule has 1 aliphatic rings. The lowest BCUT2D eigenvalue weighted by Crippen LogP contribution is -2.54. The number of hydrogen-bond donors (Lipinski definition) is 7. The molecule has 4 rings (SSSR count). The summed E-state index contributed by atoms with van der Waals surface area (Å²) in [5.74, 6) is -2.38. The maximum absolute atomic E-state index is 13.7. The zero-order chi connectivity index (χ0) is 32.9. The van der Waals surface area contributed by atoms with Crippen LogP contribution in [0.1, 0.15) is 36.8 Å². The predicted molar refractivity (Wildman–Crippen MR) is 177 cm³/mol. The highest BCUT2D eigenvalue weighted by Gasteiger charge is 2.28. The molecule has 244 valence electrons. The molecule has 4 atom stereocenters. The van der Waals surface area contributed by atoms with Crippen LogP contribution in [0.4, 0.5) is 0 Å². The van der Waals surface area contributed by atoms with Gasteiger partial charge in [0.1, 0.15) is 17.8 Å². The molecule has 11 heteroatoms. The highest BCUT2D eigenvalue weighted by Crippen LogP contribution is 2.18. The Bertz CT molecular complexity index is 1530. The van der Waals surface area contributed by atoms with Crippen molar-refractivity contribution in [1.29, 1.82) is 0 Å². The number of fused-ring (bicyclic) bond motifs is 1. The Hall–Kier alpha value is -4.74. The average molecular weight is 629 g/mol. The number of aromatic hydroxyl groups is 1. The molecule has 0 unspecified atom stereocenters. The summed E-state index contributed by atoms with van der Waals surface area (Å²) >= 11 is 0. The van der Waals surface area contributed by atoms with Crippen molar-refractivity contribution in [1.82, 2.24) is 21.3 Å². The number of carbonyl (C=O) groups is 4. The highest BCUT2D eigenvalue weighted by molar-refractivity contribution is 5.93. The molecule has 9 N–H and O–H groups in total. The molecule has 11 nitrogen and oxygen atoms in total. The molecule has 46 heavy (non-hydrogen) atoms. The van der Waals surface area contributed by atoms with Crippen LogP contribution >= 0.6 is 0 Å². The number of nitrogens with two attached hydrogens (primary N) is 2. The number of phenols is 1. The summed E-state index contributed by atoms with van der Waals surface area (Å²) in [4.78, 5) is 53.8. The van der Waals surface area contributed by atoms with Gasteiger partial charge in [0.05, 0.1) is 12.5 Å². The van der Waals surface area contributed by atoms with Crippen molar-refractivity contribution in [2.75, 3.05) is 19.6 Å². The van der Waals surface area contributed by atoms with E-state index >= 15 is 0 Å². The number of benzene rings is 3. The fraction of sp³-hybridized carbons (Fsp3) is 0.371. The van der Waals surface area contributed by atoms with Gasteiger partial charge in [-0.05, 0) is 72.8 Å². The molecular formula is C35H44N6O5. The molecule has 3 aromatic carbocycles. The summed E-state index contributed by atoms with van der Waals surface area (Å²) in [5, 5.41) is 23.1. The second-order valence-electron chi connectivity index (χ2n) is 11.6. The van der Waals surface area contributed by atoms with E-state index in [-0.39, 0.29) is 24.5 Å². The fourth-order valence-corrected chi connectivity index (χ4v) is 5.46. The zero-order valence-electron chi connectivity index (χ0n) is 25.9. The molecule has 0 aliphatic carbocycles. The van der Waals surface area contributed by atoms with E-state index in [4.69, 9.17) is 11.5 Å². The lowest BCUT2D eigenvalue weighted by molar-refractivity contribution is -0.132. The fourth-order valence-electron chi connectivity index (χ4n) is 5.46. The third kappa shape index (κ3) is 10.1. The molecule has 0 radical (unpaired) electrons. The minimum atomic E-state index is -0.964. The molecule has 4 amide bonds. The number of amides is 4. The summed E-state index contributed by atoms with van der Waals surface area (Å²) < 4.78 is 0. The van der Waals surface area contributed by atoms with Gasteiger partial charge in [-0.1, -0.05) is 66.7 Å². The zero-order valence-corrected chi connectivity index (χ0v) is 25.9. The highest BCUT2D eigenvalue weighted by atomic mass is 16.3. The van der Waals surface area contributed by atoms with Crippen molar-refractivity contribution >= 4 is 34.4 Å². The first-order valence-corrected chi connectivity index (χ1v) is 15.8. The Morgan fingerprint density at radius 2 is 1.33 bits per heavy atom. The van der Waals surface area contributed by atoms with Crippen molar-refractivity contribution in [2.45, 2.75) is 56.7 Å². The SMILES string of the molecule is NCCC[C@H]1/C=C/[C@@H](CCCN)C(=O)N[C@@H](Cc2ccc3ccccc3c2)C(=O)NCC(=O)N[C@H](Cc2ccc(O)cc2)C(=O)N1. The Labute approximate surface area is 269 Å². The van der Waals surface area contributed by atoms with Crippen LogP contribution in [0.5, 0.6) is 5.75 Å². The van der Waals surface area contributed by atoms with Crippen LogP contribution in [0.2, 0.25) is 0 Å². The Kier molecular flexibility index (Phi) is 12.7. The molecule has 0 fully saturated rings. The molecule has 0 spiro atoms. The monoisotopic (exact) mass is 628 g/mol. The Balaban J connectivity index is 1.64. The van der Waals surface area contributed by atoms with Crippen LogP contribution in [0.15, 0.2) is 78.9 Å². The molecule has 0 aromatic heterocycles. The smallest absolute Gasteiger partial charge is 0.243 e. The van der Waals surface area contributed by atoms with Gasteiger partial charge in [-0.15, -0.1) is 0 Å². The molecule has 0 saturated carbocycles. The third-order valence-corrected chi connectivity index (χ3v) is 8.02.